The minimum Gasteiger partial charge on any atom is -0.385 e. The molecule has 1 fully saturated rings. The number of amides is 1. The lowest BCUT2D eigenvalue weighted by Crippen LogP contribution is -2.66. The van der Waals surface area contributed by atoms with Gasteiger partial charge in [0.25, 0.3) is 0 Å². The van der Waals surface area contributed by atoms with E-state index < -0.39 is 16.2 Å². The largest absolute Gasteiger partial charge is 0.385 e. The number of carbonyl (C=O) groups excluding carboxylic acids is 1. The van der Waals surface area contributed by atoms with Crippen LogP contribution in [0.3, 0.4) is 0 Å². The van der Waals surface area contributed by atoms with E-state index in [1.165, 1.54) is 22.9 Å². The summed E-state index contributed by atoms with van der Waals surface area (Å²) in [6.07, 6.45) is 2.38. The van der Waals surface area contributed by atoms with Gasteiger partial charge in [0.1, 0.15) is 17.2 Å². The summed E-state index contributed by atoms with van der Waals surface area (Å²) in [7, 11) is -3.52. The fraction of sp³-hybridized carbons (Fsp3) is 0.571. The molecule has 1 amide bonds. The van der Waals surface area contributed by atoms with Gasteiger partial charge in [0.05, 0.1) is 12.0 Å². The van der Waals surface area contributed by atoms with Gasteiger partial charge < -0.3 is 9.92 Å². The zero-order chi connectivity index (χ0) is 11.2. The van der Waals surface area contributed by atoms with E-state index in [0.717, 1.165) is 6.26 Å². The van der Waals surface area contributed by atoms with Crippen LogP contribution in [0.25, 0.3) is 0 Å². The lowest BCUT2D eigenvalue weighted by molar-refractivity contribution is -0.140. The maximum atomic E-state index is 11.2. The minimum atomic E-state index is -3.52. The third kappa shape index (κ3) is 1.97. The lowest BCUT2D eigenvalue weighted by Gasteiger charge is -2.45. The van der Waals surface area contributed by atoms with Crippen LogP contribution in [0.4, 0.5) is 0 Å². The van der Waals surface area contributed by atoms with E-state index in [1.54, 1.807) is 0 Å². The number of nitrogens with two attached hydrogens (primary N) is 1. The summed E-state index contributed by atoms with van der Waals surface area (Å²) < 4.78 is 26.4. The van der Waals surface area contributed by atoms with E-state index >= 15 is 0 Å². The smallest absolute Gasteiger partial charge is 0.306 e. The maximum Gasteiger partial charge on any atom is 0.306 e. The van der Waals surface area contributed by atoms with Crippen LogP contribution in [-0.2, 0) is 19.1 Å². The van der Waals surface area contributed by atoms with Crippen LogP contribution in [0, 0.1) is 0 Å². The zero-order valence-corrected chi connectivity index (χ0v) is 9.55. The topological polar surface area (TPSA) is 89.7 Å². The Morgan fingerprint density at radius 3 is 2.93 bits per heavy atom. The monoisotopic (exact) mass is 250 g/mol. The van der Waals surface area contributed by atoms with E-state index in [9.17, 15) is 13.2 Å². The molecule has 1 unspecified atom stereocenters. The van der Waals surface area contributed by atoms with E-state index in [2.05, 4.69) is 0 Å². The molecule has 0 radical (unpaired) electrons. The highest BCUT2D eigenvalue weighted by Gasteiger charge is 2.46. The molecule has 15 heavy (non-hydrogen) atoms. The average molecular weight is 250 g/mol. The Kier molecular flexibility index (Phi) is 2.44. The van der Waals surface area contributed by atoms with Crippen molar-refractivity contribution in [2.75, 3.05) is 12.0 Å². The Hall–Kier alpha value is -0.730. The summed E-state index contributed by atoms with van der Waals surface area (Å²) in [4.78, 5) is 12.6. The zero-order valence-electron chi connectivity index (χ0n) is 7.91. The van der Waals surface area contributed by atoms with Crippen molar-refractivity contribution in [2.24, 2.45) is 5.73 Å². The molecule has 0 bridgehead atoms. The van der Waals surface area contributed by atoms with Gasteiger partial charge in [-0.15, -0.1) is 11.8 Å². The summed E-state index contributed by atoms with van der Waals surface area (Å²) in [5.41, 5.74) is 5.55. The van der Waals surface area contributed by atoms with Crippen molar-refractivity contribution in [2.45, 2.75) is 11.4 Å². The highest BCUT2D eigenvalue weighted by Crippen LogP contribution is 2.35. The number of β-lactam (4-membered cyclic amide) rings is 1. The van der Waals surface area contributed by atoms with Gasteiger partial charge in [-0.3, -0.25) is 9.69 Å². The van der Waals surface area contributed by atoms with Crippen molar-refractivity contribution in [3.8, 4) is 0 Å². The van der Waals surface area contributed by atoms with Crippen LogP contribution in [0.1, 0.15) is 0 Å². The van der Waals surface area contributed by atoms with Crippen LogP contribution in [0.5, 0.6) is 0 Å². The van der Waals surface area contributed by atoms with Gasteiger partial charge >= 0.3 is 10.1 Å². The summed E-state index contributed by atoms with van der Waals surface area (Å²) in [6, 6.07) is -0.481. The van der Waals surface area contributed by atoms with Crippen molar-refractivity contribution < 1.29 is 17.4 Å². The third-order valence-electron chi connectivity index (χ3n) is 2.06. The highest BCUT2D eigenvalue weighted by atomic mass is 32.2. The number of hydrogen-bond acceptors (Lipinski definition) is 6. The quantitative estimate of drug-likeness (QED) is 0.502. The Balaban J connectivity index is 2.12. The fourth-order valence-corrected chi connectivity index (χ4v) is 3.11. The third-order valence-corrected chi connectivity index (χ3v) is 3.89. The summed E-state index contributed by atoms with van der Waals surface area (Å²) in [6.45, 7) is 0. The molecule has 2 heterocycles. The number of hydrogen-bond donors (Lipinski definition) is 1. The second-order valence-corrected chi connectivity index (χ2v) is 6.04. The van der Waals surface area contributed by atoms with Gasteiger partial charge in [-0.2, -0.15) is 8.42 Å². The van der Waals surface area contributed by atoms with Crippen LogP contribution in [-0.4, -0.2) is 42.6 Å². The Bertz CT molecular complexity index is 430. The van der Waals surface area contributed by atoms with E-state index in [4.69, 9.17) is 9.92 Å². The van der Waals surface area contributed by atoms with Crippen molar-refractivity contribution in [3.05, 3.63) is 12.0 Å². The minimum absolute atomic E-state index is 0.0792. The van der Waals surface area contributed by atoms with E-state index in [-0.39, 0.29) is 17.0 Å². The van der Waals surface area contributed by atoms with Crippen molar-refractivity contribution in [1.82, 2.24) is 4.90 Å². The molecule has 2 atom stereocenters. The number of fused-ring (bicyclic) bond motifs is 1. The number of thioether (sulfide) groups is 1. The van der Waals surface area contributed by atoms with Gasteiger partial charge in [0.15, 0.2) is 0 Å². The molecule has 2 N–H and O–H groups in total. The van der Waals surface area contributed by atoms with Crippen LogP contribution in [0.2, 0.25) is 0 Å². The predicted molar refractivity (Wildman–Crippen MR) is 55.1 cm³/mol. The van der Waals surface area contributed by atoms with Gasteiger partial charge in [-0.05, 0) is 0 Å². The lowest BCUT2D eigenvalue weighted by atomic mass is 10.1. The number of rotatable bonds is 2. The average Bonchev–Trinajstić information content (AvgIpc) is 2.14. The molecule has 0 spiro atoms. The predicted octanol–water partition coefficient (Wildman–Crippen LogP) is -0.954. The molecule has 2 rings (SSSR count). The van der Waals surface area contributed by atoms with Crippen LogP contribution in [0.15, 0.2) is 12.0 Å². The maximum absolute atomic E-state index is 11.2. The first kappa shape index (κ1) is 10.8. The van der Waals surface area contributed by atoms with Gasteiger partial charge in [-0.25, -0.2) is 0 Å². The highest BCUT2D eigenvalue weighted by molar-refractivity contribution is 8.00. The summed E-state index contributed by atoms with van der Waals surface area (Å²) in [5.74, 6) is 0.468. The fourth-order valence-electron chi connectivity index (χ4n) is 1.43. The van der Waals surface area contributed by atoms with Gasteiger partial charge in [0, 0.05) is 6.20 Å². The first-order chi connectivity index (χ1) is 6.88. The van der Waals surface area contributed by atoms with Crippen molar-refractivity contribution >= 4 is 27.8 Å². The summed E-state index contributed by atoms with van der Waals surface area (Å²) >= 11 is 1.40. The SMILES string of the molecule is CS(=O)(=O)OC1=CN2C(=O)C(N)[C@H]2SC1. The second-order valence-electron chi connectivity index (χ2n) is 3.36. The summed E-state index contributed by atoms with van der Waals surface area (Å²) in [5, 5.41) is -0.0792. The Morgan fingerprint density at radius 1 is 1.67 bits per heavy atom. The van der Waals surface area contributed by atoms with Crippen molar-refractivity contribution in [1.29, 1.82) is 0 Å². The molecule has 0 saturated carbocycles. The number of carbonyl (C=O) groups is 1. The second kappa shape index (κ2) is 3.39. The molecular formula is C7H10N2O4S2. The Labute approximate surface area is 91.6 Å². The molecule has 1 saturated heterocycles. The first-order valence-electron chi connectivity index (χ1n) is 4.18. The molecular weight excluding hydrogens is 240 g/mol. The van der Waals surface area contributed by atoms with Gasteiger partial charge in [0.2, 0.25) is 5.91 Å². The molecule has 84 valence electrons. The normalized spacial score (nSPS) is 30.4. The molecule has 0 aromatic heterocycles. The molecule has 0 aromatic rings. The van der Waals surface area contributed by atoms with E-state index in [0.29, 0.717) is 5.75 Å². The molecule has 2 aliphatic heterocycles. The Morgan fingerprint density at radius 2 is 2.33 bits per heavy atom. The molecule has 6 nitrogen and oxygen atoms in total. The molecule has 0 aliphatic carbocycles. The van der Waals surface area contributed by atoms with Crippen molar-refractivity contribution in [3.63, 3.8) is 0 Å². The van der Waals surface area contributed by atoms with Crippen LogP contribution >= 0.6 is 11.8 Å². The standard InChI is InChI=1S/C7H10N2O4S2/c1-15(11,12)13-4-2-9-6(10)5(8)7(9)14-3-4/h2,5,7H,3,8H2,1H3/t5?,7-/m1/s1. The van der Waals surface area contributed by atoms with E-state index in [1.807, 2.05) is 0 Å². The molecule has 0 aromatic carbocycles. The van der Waals surface area contributed by atoms with Gasteiger partial charge in [-0.1, -0.05) is 0 Å². The molecule has 8 heteroatoms. The number of nitrogens with zero attached hydrogens (tertiary/aromatic N) is 1. The first-order valence-corrected chi connectivity index (χ1v) is 7.04. The van der Waals surface area contributed by atoms with Crippen LogP contribution < -0.4 is 5.73 Å². The molecule has 2 aliphatic rings.